The number of carbonyl (C=O) groups is 1. The number of rotatable bonds is 8. The summed E-state index contributed by atoms with van der Waals surface area (Å²) in [5.74, 6) is 0.0946. The van der Waals surface area contributed by atoms with Crippen LogP contribution in [0.2, 0.25) is 0 Å². The molecule has 0 bridgehead atoms. The van der Waals surface area contributed by atoms with Crippen molar-refractivity contribution in [3.8, 4) is 10.6 Å². The molecule has 2 heterocycles. The Balaban J connectivity index is 1.73. The molecule has 2 aromatic rings. The molecular weight excluding hydrogens is 296 g/mol. The van der Waals surface area contributed by atoms with Gasteiger partial charge in [0.15, 0.2) is 0 Å². The van der Waals surface area contributed by atoms with Crippen LogP contribution >= 0.6 is 11.3 Å². The van der Waals surface area contributed by atoms with Crippen molar-refractivity contribution in [3.05, 3.63) is 35.6 Å². The Morgan fingerprint density at radius 3 is 2.82 bits per heavy atom. The summed E-state index contributed by atoms with van der Waals surface area (Å²) in [5.41, 5.74) is 2.04. The summed E-state index contributed by atoms with van der Waals surface area (Å²) in [4.78, 5) is 22.5. The number of thiazole rings is 1. The van der Waals surface area contributed by atoms with Crippen LogP contribution in [0.25, 0.3) is 10.6 Å². The van der Waals surface area contributed by atoms with E-state index < -0.39 is 0 Å². The maximum absolute atomic E-state index is 11.8. The highest BCUT2D eigenvalue weighted by atomic mass is 32.1. The molecule has 6 heteroatoms. The maximum atomic E-state index is 11.8. The number of pyridine rings is 1. The summed E-state index contributed by atoms with van der Waals surface area (Å²) in [6.45, 7) is 1.72. The average Bonchev–Trinajstić information content (AvgIpc) is 2.99. The summed E-state index contributed by atoms with van der Waals surface area (Å²) in [6, 6.07) is 3.89. The first-order chi connectivity index (χ1) is 10.6. The topological polar surface area (TPSA) is 58.1 Å². The Labute approximate surface area is 135 Å². The van der Waals surface area contributed by atoms with Crippen molar-refractivity contribution in [2.24, 2.45) is 0 Å². The van der Waals surface area contributed by atoms with Crippen molar-refractivity contribution < 1.29 is 4.79 Å². The molecule has 0 aromatic carbocycles. The minimum atomic E-state index is 0.0946. The minimum Gasteiger partial charge on any atom is -0.356 e. The quantitative estimate of drug-likeness (QED) is 0.758. The lowest BCUT2D eigenvalue weighted by Gasteiger charge is -2.09. The Bertz CT molecular complexity index is 583. The summed E-state index contributed by atoms with van der Waals surface area (Å²) in [5, 5.41) is 5.95. The van der Waals surface area contributed by atoms with E-state index in [-0.39, 0.29) is 5.91 Å². The Kier molecular flexibility index (Phi) is 6.48. The predicted molar refractivity (Wildman–Crippen MR) is 89.8 cm³/mol. The molecule has 0 saturated heterocycles. The van der Waals surface area contributed by atoms with Crippen LogP contribution in [-0.4, -0.2) is 48.0 Å². The molecule has 0 saturated carbocycles. The second-order valence-electron chi connectivity index (χ2n) is 5.39. The molecule has 2 rings (SSSR count). The highest BCUT2D eigenvalue weighted by Gasteiger charge is 2.07. The first-order valence-electron chi connectivity index (χ1n) is 7.41. The van der Waals surface area contributed by atoms with Gasteiger partial charge in [-0.05, 0) is 45.6 Å². The van der Waals surface area contributed by atoms with Gasteiger partial charge in [0.2, 0.25) is 5.91 Å². The molecule has 22 heavy (non-hydrogen) atoms. The van der Waals surface area contributed by atoms with Gasteiger partial charge >= 0.3 is 0 Å². The van der Waals surface area contributed by atoms with E-state index in [1.54, 1.807) is 23.7 Å². The minimum absolute atomic E-state index is 0.0946. The molecule has 2 aromatic heterocycles. The Morgan fingerprint density at radius 2 is 2.09 bits per heavy atom. The number of carbonyl (C=O) groups excluding carboxylic acids is 1. The third-order valence-electron chi connectivity index (χ3n) is 3.19. The zero-order valence-corrected chi connectivity index (χ0v) is 13.9. The van der Waals surface area contributed by atoms with Crippen molar-refractivity contribution in [1.82, 2.24) is 20.2 Å². The fourth-order valence-electron chi connectivity index (χ4n) is 2.00. The van der Waals surface area contributed by atoms with E-state index in [1.807, 2.05) is 31.6 Å². The Hall–Kier alpha value is -1.79. The van der Waals surface area contributed by atoms with Crippen LogP contribution in [0.5, 0.6) is 0 Å². The molecule has 0 aliphatic carbocycles. The molecule has 0 radical (unpaired) electrons. The summed E-state index contributed by atoms with van der Waals surface area (Å²) >= 11 is 1.60. The van der Waals surface area contributed by atoms with Crippen LogP contribution in [-0.2, 0) is 11.2 Å². The number of aryl methyl sites for hydroxylation is 1. The highest BCUT2D eigenvalue weighted by Crippen LogP contribution is 2.23. The van der Waals surface area contributed by atoms with Gasteiger partial charge < -0.3 is 10.2 Å². The number of hydrogen-bond donors (Lipinski definition) is 1. The van der Waals surface area contributed by atoms with Crippen LogP contribution in [0.3, 0.4) is 0 Å². The van der Waals surface area contributed by atoms with Gasteiger partial charge in [-0.2, -0.15) is 0 Å². The number of aromatic nitrogens is 2. The fraction of sp³-hybridized carbons (Fsp3) is 0.438. The lowest BCUT2D eigenvalue weighted by molar-refractivity contribution is -0.121. The van der Waals surface area contributed by atoms with Gasteiger partial charge in [0.05, 0.1) is 5.69 Å². The molecule has 0 aliphatic heterocycles. The first-order valence-corrected chi connectivity index (χ1v) is 8.29. The fourth-order valence-corrected chi connectivity index (χ4v) is 2.86. The second kappa shape index (κ2) is 8.60. The smallest absolute Gasteiger partial charge is 0.220 e. The van der Waals surface area contributed by atoms with Crippen LogP contribution in [0.4, 0.5) is 0 Å². The maximum Gasteiger partial charge on any atom is 0.220 e. The molecule has 5 nitrogen and oxygen atoms in total. The van der Waals surface area contributed by atoms with E-state index in [4.69, 9.17) is 0 Å². The van der Waals surface area contributed by atoms with Crippen molar-refractivity contribution in [2.45, 2.75) is 19.3 Å². The third-order valence-corrected chi connectivity index (χ3v) is 4.13. The average molecular weight is 318 g/mol. The van der Waals surface area contributed by atoms with Crippen LogP contribution in [0, 0.1) is 0 Å². The second-order valence-corrected chi connectivity index (χ2v) is 6.24. The predicted octanol–water partition coefficient (Wildman–Crippen LogP) is 2.21. The molecule has 1 N–H and O–H groups in total. The van der Waals surface area contributed by atoms with Gasteiger partial charge in [-0.25, -0.2) is 4.98 Å². The molecule has 118 valence electrons. The summed E-state index contributed by atoms with van der Waals surface area (Å²) < 4.78 is 0. The van der Waals surface area contributed by atoms with E-state index in [9.17, 15) is 4.79 Å². The lowest BCUT2D eigenvalue weighted by Crippen LogP contribution is -2.27. The molecule has 0 fully saturated rings. The van der Waals surface area contributed by atoms with Crippen molar-refractivity contribution in [1.29, 1.82) is 0 Å². The van der Waals surface area contributed by atoms with E-state index in [2.05, 4.69) is 20.2 Å². The van der Waals surface area contributed by atoms with E-state index in [1.165, 1.54) is 0 Å². The number of amides is 1. The van der Waals surface area contributed by atoms with Crippen LogP contribution < -0.4 is 5.32 Å². The van der Waals surface area contributed by atoms with Crippen molar-refractivity contribution in [2.75, 3.05) is 27.2 Å². The molecular formula is C16H22N4OS. The van der Waals surface area contributed by atoms with Crippen LogP contribution in [0.1, 0.15) is 18.5 Å². The van der Waals surface area contributed by atoms with Gasteiger partial charge in [-0.1, -0.05) is 0 Å². The number of nitrogens with zero attached hydrogens (tertiary/aromatic N) is 3. The van der Waals surface area contributed by atoms with E-state index in [0.717, 1.165) is 35.8 Å². The number of hydrogen-bond acceptors (Lipinski definition) is 5. The largest absolute Gasteiger partial charge is 0.356 e. The SMILES string of the molecule is CN(C)CCCNC(=O)CCc1csc(-c2ccncc2)n1. The van der Waals surface area contributed by atoms with E-state index >= 15 is 0 Å². The molecule has 0 atom stereocenters. The van der Waals surface area contributed by atoms with Gasteiger partial charge in [0.25, 0.3) is 0 Å². The monoisotopic (exact) mass is 318 g/mol. The van der Waals surface area contributed by atoms with E-state index in [0.29, 0.717) is 12.8 Å². The molecule has 0 unspecified atom stereocenters. The van der Waals surface area contributed by atoms with Gasteiger partial charge in [0, 0.05) is 36.3 Å². The Morgan fingerprint density at radius 1 is 1.32 bits per heavy atom. The first kappa shape index (κ1) is 16.6. The van der Waals surface area contributed by atoms with Crippen LogP contribution in [0.15, 0.2) is 29.9 Å². The summed E-state index contributed by atoms with van der Waals surface area (Å²) in [7, 11) is 4.06. The number of nitrogens with one attached hydrogen (secondary N) is 1. The molecule has 0 aliphatic rings. The zero-order valence-electron chi connectivity index (χ0n) is 13.1. The van der Waals surface area contributed by atoms with Gasteiger partial charge in [0.1, 0.15) is 5.01 Å². The lowest BCUT2D eigenvalue weighted by atomic mass is 10.2. The normalized spacial score (nSPS) is 10.9. The van der Waals surface area contributed by atoms with Gasteiger partial charge in [-0.15, -0.1) is 11.3 Å². The van der Waals surface area contributed by atoms with Crippen molar-refractivity contribution in [3.63, 3.8) is 0 Å². The van der Waals surface area contributed by atoms with Crippen molar-refractivity contribution >= 4 is 17.2 Å². The highest BCUT2D eigenvalue weighted by molar-refractivity contribution is 7.13. The third kappa shape index (κ3) is 5.54. The van der Waals surface area contributed by atoms with Gasteiger partial charge in [-0.3, -0.25) is 9.78 Å². The molecule has 0 spiro atoms. The summed E-state index contributed by atoms with van der Waals surface area (Å²) in [6.07, 6.45) is 5.67. The zero-order chi connectivity index (χ0) is 15.8. The standard InChI is InChI=1S/C16H22N4OS/c1-20(2)11-3-8-18-15(21)5-4-14-12-22-16(19-14)13-6-9-17-10-7-13/h6-7,9-10,12H,3-5,8,11H2,1-2H3,(H,18,21). The molecule has 1 amide bonds.